The summed E-state index contributed by atoms with van der Waals surface area (Å²) in [4.78, 5) is 22.9. The second-order valence-electron chi connectivity index (χ2n) is 3.82. The minimum Gasteiger partial charge on any atom is -0.467 e. The van der Waals surface area contributed by atoms with E-state index in [4.69, 9.17) is 10.5 Å². The number of ether oxygens (including phenoxy) is 2. The Bertz CT molecular complexity index is 243. The monoisotopic (exact) mass is 232 g/mol. The third-order valence-electron chi connectivity index (χ3n) is 2.10. The number of hydrogen-bond acceptors (Lipinski definition) is 5. The zero-order valence-electron chi connectivity index (χ0n) is 10.1. The van der Waals surface area contributed by atoms with Crippen LogP contribution < -0.4 is 11.1 Å². The van der Waals surface area contributed by atoms with Crippen LogP contribution in [0.2, 0.25) is 0 Å². The zero-order chi connectivity index (χ0) is 12.7. The highest BCUT2D eigenvalue weighted by Gasteiger charge is 2.26. The predicted octanol–water partition coefficient (Wildman–Crippen LogP) is -0.726. The van der Waals surface area contributed by atoms with Gasteiger partial charge in [-0.05, 0) is 5.92 Å². The first-order chi connectivity index (χ1) is 7.43. The molecule has 3 N–H and O–H groups in total. The Labute approximate surface area is 95.5 Å². The molecule has 0 aromatic carbocycles. The molecule has 0 rings (SSSR count). The summed E-state index contributed by atoms with van der Waals surface area (Å²) < 4.78 is 9.34. The third-order valence-corrected chi connectivity index (χ3v) is 2.10. The molecule has 0 aliphatic carbocycles. The van der Waals surface area contributed by atoms with E-state index in [-0.39, 0.29) is 12.5 Å². The van der Waals surface area contributed by atoms with E-state index in [1.165, 1.54) is 14.2 Å². The minimum atomic E-state index is -0.782. The van der Waals surface area contributed by atoms with E-state index < -0.39 is 24.0 Å². The van der Waals surface area contributed by atoms with Crippen molar-refractivity contribution in [3.63, 3.8) is 0 Å². The summed E-state index contributed by atoms with van der Waals surface area (Å²) in [5.74, 6) is -0.968. The lowest BCUT2D eigenvalue weighted by Gasteiger charge is -2.21. The van der Waals surface area contributed by atoms with Crippen LogP contribution in [-0.2, 0) is 19.1 Å². The first kappa shape index (κ1) is 14.9. The van der Waals surface area contributed by atoms with Crippen molar-refractivity contribution in [2.75, 3.05) is 20.8 Å². The van der Waals surface area contributed by atoms with Gasteiger partial charge >= 0.3 is 5.97 Å². The van der Waals surface area contributed by atoms with Crippen molar-refractivity contribution in [3.8, 4) is 0 Å². The Morgan fingerprint density at radius 2 is 1.88 bits per heavy atom. The topological polar surface area (TPSA) is 90.6 Å². The Balaban J connectivity index is 4.40. The summed E-state index contributed by atoms with van der Waals surface area (Å²) in [6.07, 6.45) is 0. The highest BCUT2D eigenvalue weighted by molar-refractivity contribution is 5.87. The molecular formula is C10H20N2O4. The molecule has 1 unspecified atom stereocenters. The average Bonchev–Trinajstić information content (AvgIpc) is 2.24. The molecule has 0 bridgehead atoms. The maximum absolute atomic E-state index is 11.5. The van der Waals surface area contributed by atoms with Gasteiger partial charge in [0.1, 0.15) is 12.1 Å². The Morgan fingerprint density at radius 3 is 2.25 bits per heavy atom. The molecule has 0 heterocycles. The van der Waals surface area contributed by atoms with Crippen molar-refractivity contribution >= 4 is 11.9 Å². The summed E-state index contributed by atoms with van der Waals surface area (Å²) in [6, 6.07) is -1.46. The van der Waals surface area contributed by atoms with Gasteiger partial charge in [0, 0.05) is 7.11 Å². The Kier molecular flexibility index (Phi) is 6.67. The summed E-state index contributed by atoms with van der Waals surface area (Å²) in [5, 5.41) is 2.53. The van der Waals surface area contributed by atoms with Gasteiger partial charge in [0.15, 0.2) is 0 Å². The number of rotatable bonds is 6. The SMILES string of the molecule is COCC(N)C(=O)N[C@H](C(=O)OC)C(C)C. The molecule has 0 saturated heterocycles. The van der Waals surface area contributed by atoms with Gasteiger partial charge in [0.2, 0.25) is 5.91 Å². The van der Waals surface area contributed by atoms with Gasteiger partial charge in [-0.2, -0.15) is 0 Å². The summed E-state index contributed by atoms with van der Waals surface area (Å²) in [5.41, 5.74) is 5.53. The number of hydrogen-bond donors (Lipinski definition) is 2. The van der Waals surface area contributed by atoms with Gasteiger partial charge in [0.25, 0.3) is 0 Å². The van der Waals surface area contributed by atoms with Crippen LogP contribution in [-0.4, -0.2) is 44.8 Å². The third kappa shape index (κ3) is 4.59. The number of amides is 1. The van der Waals surface area contributed by atoms with Gasteiger partial charge in [-0.15, -0.1) is 0 Å². The van der Waals surface area contributed by atoms with Crippen molar-refractivity contribution < 1.29 is 19.1 Å². The molecule has 0 fully saturated rings. The number of methoxy groups -OCH3 is 2. The normalized spacial score (nSPS) is 14.4. The van der Waals surface area contributed by atoms with Crippen LogP contribution in [0, 0.1) is 5.92 Å². The fraction of sp³-hybridized carbons (Fsp3) is 0.800. The highest BCUT2D eigenvalue weighted by atomic mass is 16.5. The van der Waals surface area contributed by atoms with E-state index in [2.05, 4.69) is 10.1 Å². The molecule has 0 saturated carbocycles. The number of carbonyl (C=O) groups excluding carboxylic acids is 2. The maximum Gasteiger partial charge on any atom is 0.328 e. The van der Waals surface area contributed by atoms with Gasteiger partial charge in [-0.1, -0.05) is 13.8 Å². The second-order valence-corrected chi connectivity index (χ2v) is 3.82. The van der Waals surface area contributed by atoms with Crippen LogP contribution in [0.25, 0.3) is 0 Å². The number of esters is 1. The molecule has 0 radical (unpaired) electrons. The Hall–Kier alpha value is -1.14. The van der Waals surface area contributed by atoms with Crippen molar-refractivity contribution in [1.29, 1.82) is 0 Å². The fourth-order valence-corrected chi connectivity index (χ4v) is 1.14. The van der Waals surface area contributed by atoms with Crippen LogP contribution in [0.15, 0.2) is 0 Å². The van der Waals surface area contributed by atoms with Crippen molar-refractivity contribution in [2.45, 2.75) is 25.9 Å². The summed E-state index contributed by atoms with van der Waals surface area (Å²) >= 11 is 0. The first-order valence-electron chi connectivity index (χ1n) is 5.06. The van der Waals surface area contributed by atoms with Crippen LogP contribution >= 0.6 is 0 Å². The van der Waals surface area contributed by atoms with Gasteiger partial charge in [0.05, 0.1) is 13.7 Å². The van der Waals surface area contributed by atoms with E-state index in [1.54, 1.807) is 0 Å². The zero-order valence-corrected chi connectivity index (χ0v) is 10.1. The number of nitrogens with one attached hydrogen (secondary N) is 1. The Morgan fingerprint density at radius 1 is 1.31 bits per heavy atom. The maximum atomic E-state index is 11.5. The molecule has 1 amide bonds. The molecule has 94 valence electrons. The van der Waals surface area contributed by atoms with Crippen molar-refractivity contribution in [1.82, 2.24) is 5.32 Å². The van der Waals surface area contributed by atoms with Crippen LogP contribution in [0.4, 0.5) is 0 Å². The molecule has 0 aromatic heterocycles. The molecule has 0 spiro atoms. The number of carbonyl (C=O) groups is 2. The molecule has 0 aliphatic rings. The first-order valence-corrected chi connectivity index (χ1v) is 5.06. The van der Waals surface area contributed by atoms with Crippen LogP contribution in [0.5, 0.6) is 0 Å². The lowest BCUT2D eigenvalue weighted by atomic mass is 10.0. The summed E-state index contributed by atoms with van der Waals surface area (Å²) in [7, 11) is 2.73. The predicted molar refractivity (Wildman–Crippen MR) is 58.6 cm³/mol. The molecule has 16 heavy (non-hydrogen) atoms. The lowest BCUT2D eigenvalue weighted by Crippen LogP contribution is -2.52. The van der Waals surface area contributed by atoms with E-state index in [1.807, 2.05) is 13.8 Å². The fourth-order valence-electron chi connectivity index (χ4n) is 1.14. The average molecular weight is 232 g/mol. The highest BCUT2D eigenvalue weighted by Crippen LogP contribution is 2.03. The molecule has 6 heteroatoms. The summed E-state index contributed by atoms with van der Waals surface area (Å²) in [6.45, 7) is 3.73. The van der Waals surface area contributed by atoms with Crippen molar-refractivity contribution in [2.24, 2.45) is 11.7 Å². The van der Waals surface area contributed by atoms with Crippen LogP contribution in [0.3, 0.4) is 0 Å². The van der Waals surface area contributed by atoms with Gasteiger partial charge in [-0.25, -0.2) is 4.79 Å². The van der Waals surface area contributed by atoms with E-state index in [9.17, 15) is 9.59 Å². The van der Waals surface area contributed by atoms with E-state index >= 15 is 0 Å². The van der Waals surface area contributed by atoms with E-state index in [0.717, 1.165) is 0 Å². The standard InChI is InChI=1S/C10H20N2O4/c1-6(2)8(10(14)16-4)12-9(13)7(11)5-15-3/h6-8H,5,11H2,1-4H3,(H,12,13)/t7?,8-/m0/s1. The van der Waals surface area contributed by atoms with Gasteiger partial charge < -0.3 is 20.5 Å². The molecule has 6 nitrogen and oxygen atoms in total. The second kappa shape index (κ2) is 7.19. The minimum absolute atomic E-state index is 0.0638. The van der Waals surface area contributed by atoms with Crippen molar-refractivity contribution in [3.05, 3.63) is 0 Å². The molecule has 0 aliphatic heterocycles. The quantitative estimate of drug-likeness (QED) is 0.589. The molecule has 2 atom stereocenters. The van der Waals surface area contributed by atoms with Gasteiger partial charge in [-0.3, -0.25) is 4.79 Å². The van der Waals surface area contributed by atoms with Crippen LogP contribution in [0.1, 0.15) is 13.8 Å². The smallest absolute Gasteiger partial charge is 0.328 e. The largest absolute Gasteiger partial charge is 0.467 e. The molecule has 0 aromatic rings. The lowest BCUT2D eigenvalue weighted by molar-refractivity contribution is -0.146. The van der Waals surface area contributed by atoms with E-state index in [0.29, 0.717) is 0 Å². The number of nitrogens with two attached hydrogens (primary N) is 1. The molecular weight excluding hydrogens is 212 g/mol.